The van der Waals surface area contributed by atoms with Gasteiger partial charge in [-0.25, -0.2) is 8.78 Å². The van der Waals surface area contributed by atoms with Gasteiger partial charge >= 0.3 is 0 Å². The second-order valence-electron chi connectivity index (χ2n) is 7.46. The number of para-hydroxylation sites is 1. The highest BCUT2D eigenvalue weighted by molar-refractivity contribution is 5.79. The molecule has 0 aromatic heterocycles. The van der Waals surface area contributed by atoms with Crippen LogP contribution in [-0.2, 0) is 6.54 Å². The van der Waals surface area contributed by atoms with Crippen LogP contribution in [0.1, 0.15) is 18.4 Å². The van der Waals surface area contributed by atoms with E-state index in [1.165, 1.54) is 11.8 Å². The molecule has 1 aliphatic heterocycles. The fraction of sp³-hybridized carbons (Fsp3) is 0.435. The number of nitrogens with zero attached hydrogens (tertiary/aromatic N) is 3. The summed E-state index contributed by atoms with van der Waals surface area (Å²) < 4.78 is 27.0. The van der Waals surface area contributed by atoms with Crippen LogP contribution in [0.15, 0.2) is 53.5 Å². The van der Waals surface area contributed by atoms with Gasteiger partial charge in [-0.05, 0) is 49.7 Å². The summed E-state index contributed by atoms with van der Waals surface area (Å²) in [7, 11) is 1.67. The molecule has 0 spiro atoms. The second kappa shape index (κ2) is 11.5. The minimum atomic E-state index is -0.444. The van der Waals surface area contributed by atoms with Crippen LogP contribution in [0.25, 0.3) is 0 Å². The van der Waals surface area contributed by atoms with E-state index in [4.69, 9.17) is 0 Å². The van der Waals surface area contributed by atoms with Crippen LogP contribution in [0.3, 0.4) is 0 Å². The van der Waals surface area contributed by atoms with Crippen LogP contribution in [-0.4, -0.2) is 57.2 Å². The molecule has 2 N–H and O–H groups in total. The number of guanidine groups is 1. The van der Waals surface area contributed by atoms with Gasteiger partial charge in [0.2, 0.25) is 0 Å². The highest BCUT2D eigenvalue weighted by atomic mass is 19.1. The minimum Gasteiger partial charge on any atom is -0.369 e. The zero-order valence-electron chi connectivity index (χ0n) is 17.6. The van der Waals surface area contributed by atoms with Gasteiger partial charge in [0.05, 0.1) is 0 Å². The van der Waals surface area contributed by atoms with Crippen molar-refractivity contribution in [2.75, 3.05) is 51.2 Å². The Bertz CT molecular complexity index is 804. The Morgan fingerprint density at radius 1 is 0.967 bits per heavy atom. The molecule has 1 heterocycles. The van der Waals surface area contributed by atoms with Crippen LogP contribution >= 0.6 is 0 Å². The molecule has 0 amide bonds. The molecule has 1 fully saturated rings. The van der Waals surface area contributed by atoms with Crippen LogP contribution in [0.4, 0.5) is 14.5 Å². The molecule has 1 saturated heterocycles. The van der Waals surface area contributed by atoms with Gasteiger partial charge in [-0.3, -0.25) is 9.89 Å². The SMILES string of the molecule is CN=C(NCCCCN1CCN(c2ccccc2)CC1)NCc1cc(F)ccc1F. The third kappa shape index (κ3) is 6.69. The number of aliphatic imine (C=N–C) groups is 1. The lowest BCUT2D eigenvalue weighted by Gasteiger charge is -2.36. The summed E-state index contributed by atoms with van der Waals surface area (Å²) >= 11 is 0. The fourth-order valence-corrected chi connectivity index (χ4v) is 3.61. The van der Waals surface area contributed by atoms with E-state index < -0.39 is 11.6 Å². The Morgan fingerprint density at radius 3 is 2.47 bits per heavy atom. The maximum absolute atomic E-state index is 13.7. The van der Waals surface area contributed by atoms with Gasteiger partial charge in [0.25, 0.3) is 0 Å². The number of rotatable bonds is 8. The van der Waals surface area contributed by atoms with Crippen molar-refractivity contribution < 1.29 is 8.78 Å². The Balaban J connectivity index is 1.29. The van der Waals surface area contributed by atoms with Gasteiger partial charge in [-0.15, -0.1) is 0 Å². The first-order valence-electron chi connectivity index (χ1n) is 10.6. The zero-order valence-corrected chi connectivity index (χ0v) is 17.6. The first kappa shape index (κ1) is 22.0. The normalized spacial score (nSPS) is 15.3. The van der Waals surface area contributed by atoms with Gasteiger partial charge in [0.15, 0.2) is 5.96 Å². The van der Waals surface area contributed by atoms with E-state index in [1.807, 2.05) is 0 Å². The van der Waals surface area contributed by atoms with Crippen molar-refractivity contribution in [2.45, 2.75) is 19.4 Å². The number of anilines is 1. The molecule has 0 unspecified atom stereocenters. The highest BCUT2D eigenvalue weighted by Crippen LogP contribution is 2.15. The van der Waals surface area contributed by atoms with Gasteiger partial charge in [-0.2, -0.15) is 0 Å². The predicted molar refractivity (Wildman–Crippen MR) is 119 cm³/mol. The molecule has 0 saturated carbocycles. The first-order valence-corrected chi connectivity index (χ1v) is 10.6. The topological polar surface area (TPSA) is 42.9 Å². The number of halogens is 2. The molecule has 0 aliphatic carbocycles. The number of hydrogen-bond donors (Lipinski definition) is 2. The predicted octanol–water partition coefficient (Wildman–Crippen LogP) is 3.23. The van der Waals surface area contributed by atoms with E-state index in [1.54, 1.807) is 7.05 Å². The molecule has 1 aliphatic rings. The molecule has 7 heteroatoms. The lowest BCUT2D eigenvalue weighted by atomic mass is 10.2. The van der Waals surface area contributed by atoms with Crippen molar-refractivity contribution in [3.05, 3.63) is 65.7 Å². The summed E-state index contributed by atoms with van der Waals surface area (Å²) in [6, 6.07) is 14.0. The second-order valence-corrected chi connectivity index (χ2v) is 7.46. The molecule has 30 heavy (non-hydrogen) atoms. The lowest BCUT2D eigenvalue weighted by Crippen LogP contribution is -2.46. The summed E-state index contributed by atoms with van der Waals surface area (Å²) in [5.74, 6) is -0.275. The Hall–Kier alpha value is -2.67. The van der Waals surface area contributed by atoms with Crippen LogP contribution < -0.4 is 15.5 Å². The number of nitrogens with one attached hydrogen (secondary N) is 2. The quantitative estimate of drug-likeness (QED) is 0.395. The van der Waals surface area contributed by atoms with E-state index in [2.05, 4.69) is 55.8 Å². The molecular weight excluding hydrogens is 384 g/mol. The van der Waals surface area contributed by atoms with Crippen molar-refractivity contribution in [1.82, 2.24) is 15.5 Å². The number of benzene rings is 2. The molecule has 0 bridgehead atoms. The standard InChI is InChI=1S/C23H31F2N5/c1-26-23(28-18-19-17-20(24)9-10-22(19)25)27-11-5-6-12-29-13-15-30(16-14-29)21-7-3-2-4-8-21/h2-4,7-10,17H,5-6,11-16,18H2,1H3,(H2,26,27,28). The Morgan fingerprint density at radius 2 is 1.73 bits per heavy atom. The van der Waals surface area contributed by atoms with Crippen LogP contribution in [0, 0.1) is 11.6 Å². The number of hydrogen-bond acceptors (Lipinski definition) is 3. The van der Waals surface area contributed by atoms with E-state index in [-0.39, 0.29) is 12.1 Å². The minimum absolute atomic E-state index is 0.189. The van der Waals surface area contributed by atoms with Gasteiger partial charge in [0.1, 0.15) is 11.6 Å². The maximum atomic E-state index is 13.7. The van der Waals surface area contributed by atoms with Crippen molar-refractivity contribution in [2.24, 2.45) is 4.99 Å². The average Bonchev–Trinajstić information content (AvgIpc) is 2.79. The molecule has 2 aromatic carbocycles. The van der Waals surface area contributed by atoms with Crippen molar-refractivity contribution >= 4 is 11.6 Å². The molecule has 5 nitrogen and oxygen atoms in total. The van der Waals surface area contributed by atoms with Crippen molar-refractivity contribution in [1.29, 1.82) is 0 Å². The van der Waals surface area contributed by atoms with Gasteiger partial charge < -0.3 is 15.5 Å². The molecule has 0 atom stereocenters. The molecule has 0 radical (unpaired) electrons. The molecule has 2 aromatic rings. The Kier molecular flexibility index (Phi) is 8.44. The van der Waals surface area contributed by atoms with E-state index in [9.17, 15) is 8.78 Å². The maximum Gasteiger partial charge on any atom is 0.191 e. The monoisotopic (exact) mass is 415 g/mol. The van der Waals surface area contributed by atoms with Gasteiger partial charge in [-0.1, -0.05) is 18.2 Å². The first-order chi connectivity index (χ1) is 14.7. The zero-order chi connectivity index (χ0) is 21.2. The molecule has 3 rings (SSSR count). The smallest absolute Gasteiger partial charge is 0.191 e. The summed E-state index contributed by atoms with van der Waals surface area (Å²) in [5.41, 5.74) is 1.59. The van der Waals surface area contributed by atoms with Gasteiger partial charge in [0, 0.05) is 57.6 Å². The van der Waals surface area contributed by atoms with Crippen LogP contribution in [0.5, 0.6) is 0 Å². The van der Waals surface area contributed by atoms with E-state index in [0.29, 0.717) is 5.96 Å². The number of unbranched alkanes of at least 4 members (excludes halogenated alkanes) is 1. The highest BCUT2D eigenvalue weighted by Gasteiger charge is 2.16. The average molecular weight is 416 g/mol. The largest absolute Gasteiger partial charge is 0.369 e. The summed E-state index contributed by atoms with van der Waals surface area (Å²) in [6.45, 7) is 6.37. The van der Waals surface area contributed by atoms with Crippen molar-refractivity contribution in [3.8, 4) is 0 Å². The Labute approximate surface area is 177 Å². The third-order valence-corrected chi connectivity index (χ3v) is 5.36. The summed E-state index contributed by atoms with van der Waals surface area (Å²) in [4.78, 5) is 9.09. The van der Waals surface area contributed by atoms with Crippen molar-refractivity contribution in [3.63, 3.8) is 0 Å². The summed E-state index contributed by atoms with van der Waals surface area (Å²) in [6.07, 6.45) is 2.13. The molecular formula is C23H31F2N5. The third-order valence-electron chi connectivity index (χ3n) is 5.36. The van der Waals surface area contributed by atoms with E-state index >= 15 is 0 Å². The fourth-order valence-electron chi connectivity index (χ4n) is 3.61. The summed E-state index contributed by atoms with van der Waals surface area (Å²) in [5, 5.41) is 6.27. The number of piperazine rings is 1. The van der Waals surface area contributed by atoms with Crippen LogP contribution in [0.2, 0.25) is 0 Å². The lowest BCUT2D eigenvalue weighted by molar-refractivity contribution is 0.253. The van der Waals surface area contributed by atoms with E-state index in [0.717, 1.165) is 64.2 Å². The molecule has 162 valence electrons.